The summed E-state index contributed by atoms with van der Waals surface area (Å²) in [5, 5.41) is 17.6. The molecule has 2 aromatic heterocycles. The Hall–Kier alpha value is -1.71. The maximum Gasteiger partial charge on any atom is 0.246 e. The minimum absolute atomic E-state index is 0.0128. The van der Waals surface area contributed by atoms with Crippen LogP contribution in [0.1, 0.15) is 36.6 Å². The first-order valence-corrected chi connectivity index (χ1v) is 8.89. The second-order valence-corrected chi connectivity index (χ2v) is 7.82. The molecule has 0 spiro atoms. The van der Waals surface area contributed by atoms with E-state index in [0.29, 0.717) is 5.69 Å². The molecule has 0 aromatic carbocycles. The molecular weight excluding hydrogens is 320 g/mol. The summed E-state index contributed by atoms with van der Waals surface area (Å²) in [7, 11) is -2.04. The Bertz CT molecular complexity index is 786. The highest BCUT2D eigenvalue weighted by Crippen LogP contribution is 2.50. The molecule has 9 heteroatoms. The molecule has 0 saturated heterocycles. The van der Waals surface area contributed by atoms with Crippen molar-refractivity contribution in [2.75, 3.05) is 6.61 Å². The summed E-state index contributed by atoms with van der Waals surface area (Å²) < 4.78 is 34.4. The standard InChI is InChI=1S/C14H20N4O4S/c1-10-12(8-22-16-10)23(20,21)17-13(11-6-15-18(2)7-11)14(9-19)4-3-5-14/h6-8,13,17,19H,3-5,9H2,1-2H3. The van der Waals surface area contributed by atoms with Crippen molar-refractivity contribution >= 4 is 10.0 Å². The zero-order chi connectivity index (χ0) is 16.7. The van der Waals surface area contributed by atoms with Crippen molar-refractivity contribution in [1.29, 1.82) is 0 Å². The van der Waals surface area contributed by atoms with Gasteiger partial charge in [0.15, 0.2) is 0 Å². The van der Waals surface area contributed by atoms with E-state index < -0.39 is 21.5 Å². The summed E-state index contributed by atoms with van der Waals surface area (Å²) in [6, 6.07) is -0.547. The molecule has 23 heavy (non-hydrogen) atoms. The van der Waals surface area contributed by atoms with Crippen molar-refractivity contribution in [2.45, 2.75) is 37.1 Å². The van der Waals surface area contributed by atoms with E-state index in [1.54, 1.807) is 31.0 Å². The lowest BCUT2D eigenvalue weighted by atomic mass is 9.63. The van der Waals surface area contributed by atoms with Crippen LogP contribution in [0, 0.1) is 12.3 Å². The highest BCUT2D eigenvalue weighted by Gasteiger charge is 2.46. The molecule has 1 unspecified atom stereocenters. The average molecular weight is 340 g/mol. The van der Waals surface area contributed by atoms with Gasteiger partial charge in [0.1, 0.15) is 16.9 Å². The van der Waals surface area contributed by atoms with Crippen LogP contribution >= 0.6 is 0 Å². The van der Waals surface area contributed by atoms with Crippen LogP contribution in [0.2, 0.25) is 0 Å². The minimum atomic E-state index is -3.81. The fourth-order valence-electron chi connectivity index (χ4n) is 3.06. The van der Waals surface area contributed by atoms with Gasteiger partial charge < -0.3 is 9.63 Å². The number of aryl methyl sites for hydroxylation is 2. The van der Waals surface area contributed by atoms with Crippen LogP contribution in [0.25, 0.3) is 0 Å². The molecule has 1 aliphatic carbocycles. The lowest BCUT2D eigenvalue weighted by molar-refractivity contribution is 0.0129. The van der Waals surface area contributed by atoms with E-state index in [4.69, 9.17) is 4.52 Å². The molecule has 2 aromatic rings. The molecule has 2 N–H and O–H groups in total. The van der Waals surface area contributed by atoms with Gasteiger partial charge in [0.05, 0.1) is 18.8 Å². The van der Waals surface area contributed by atoms with Crippen molar-refractivity contribution in [3.8, 4) is 0 Å². The zero-order valence-electron chi connectivity index (χ0n) is 13.1. The maximum atomic E-state index is 12.7. The Morgan fingerprint density at radius 3 is 2.70 bits per heavy atom. The Morgan fingerprint density at radius 1 is 1.52 bits per heavy atom. The second kappa shape index (κ2) is 5.73. The number of rotatable bonds is 6. The van der Waals surface area contributed by atoms with Crippen LogP contribution in [0.15, 0.2) is 28.1 Å². The smallest absolute Gasteiger partial charge is 0.246 e. The summed E-state index contributed by atoms with van der Waals surface area (Å²) in [6.07, 6.45) is 6.99. The summed E-state index contributed by atoms with van der Waals surface area (Å²) in [5.74, 6) is 0. The van der Waals surface area contributed by atoms with E-state index in [1.807, 2.05) is 0 Å². The van der Waals surface area contributed by atoms with Crippen LogP contribution in [-0.2, 0) is 17.1 Å². The molecule has 1 fully saturated rings. The fraction of sp³-hybridized carbons (Fsp3) is 0.571. The third kappa shape index (κ3) is 2.79. The quantitative estimate of drug-likeness (QED) is 0.808. The normalized spacial score (nSPS) is 18.6. The number of hydrogen-bond acceptors (Lipinski definition) is 6. The number of nitrogens with one attached hydrogen (secondary N) is 1. The SMILES string of the molecule is Cc1nocc1S(=O)(=O)NC(c1cnn(C)c1)C1(CO)CCC1. The lowest BCUT2D eigenvalue weighted by Crippen LogP contribution is -2.47. The van der Waals surface area contributed by atoms with E-state index in [2.05, 4.69) is 15.0 Å². The van der Waals surface area contributed by atoms with Crippen molar-refractivity contribution in [3.63, 3.8) is 0 Å². The number of aliphatic hydroxyl groups is 1. The van der Waals surface area contributed by atoms with Gasteiger partial charge in [-0.25, -0.2) is 13.1 Å². The first kappa shape index (κ1) is 16.2. The monoisotopic (exact) mass is 340 g/mol. The summed E-state index contributed by atoms with van der Waals surface area (Å²) >= 11 is 0. The third-order valence-corrected chi connectivity index (χ3v) is 6.12. The van der Waals surface area contributed by atoms with Crippen LogP contribution < -0.4 is 4.72 Å². The second-order valence-electron chi connectivity index (χ2n) is 6.14. The molecule has 0 bridgehead atoms. The highest BCUT2D eigenvalue weighted by atomic mass is 32.2. The Kier molecular flexibility index (Phi) is 4.03. The zero-order valence-corrected chi connectivity index (χ0v) is 13.9. The van der Waals surface area contributed by atoms with E-state index in [1.165, 1.54) is 0 Å². The summed E-state index contributed by atoms with van der Waals surface area (Å²) in [5.41, 5.74) is 0.536. The van der Waals surface area contributed by atoms with E-state index >= 15 is 0 Å². The van der Waals surface area contributed by atoms with Crippen LogP contribution in [-0.4, -0.2) is 35.1 Å². The largest absolute Gasteiger partial charge is 0.396 e. The molecule has 126 valence electrons. The molecule has 1 atom stereocenters. The highest BCUT2D eigenvalue weighted by molar-refractivity contribution is 7.89. The molecular formula is C14H20N4O4S. The number of aromatic nitrogens is 3. The van der Waals surface area contributed by atoms with Gasteiger partial charge in [-0.2, -0.15) is 5.10 Å². The molecule has 0 amide bonds. The first-order valence-electron chi connectivity index (χ1n) is 7.41. The lowest BCUT2D eigenvalue weighted by Gasteiger charge is -2.46. The predicted molar refractivity (Wildman–Crippen MR) is 80.9 cm³/mol. The van der Waals surface area contributed by atoms with Crippen molar-refractivity contribution in [3.05, 3.63) is 29.9 Å². The van der Waals surface area contributed by atoms with Crippen LogP contribution in [0.4, 0.5) is 0 Å². The summed E-state index contributed by atoms with van der Waals surface area (Å²) in [6.45, 7) is 1.49. The van der Waals surface area contributed by atoms with E-state index in [-0.39, 0.29) is 11.5 Å². The average Bonchev–Trinajstić information content (AvgIpc) is 3.06. The van der Waals surface area contributed by atoms with Gasteiger partial charge in [-0.05, 0) is 19.8 Å². The van der Waals surface area contributed by atoms with E-state index in [9.17, 15) is 13.5 Å². The van der Waals surface area contributed by atoms with Crippen LogP contribution in [0.5, 0.6) is 0 Å². The molecule has 0 aliphatic heterocycles. The summed E-state index contributed by atoms with van der Waals surface area (Å²) in [4.78, 5) is 0.0128. The van der Waals surface area contributed by atoms with E-state index in [0.717, 1.165) is 31.1 Å². The molecule has 1 saturated carbocycles. The topological polar surface area (TPSA) is 110 Å². The maximum absolute atomic E-state index is 12.7. The van der Waals surface area contributed by atoms with Gasteiger partial charge in [0.2, 0.25) is 10.0 Å². The predicted octanol–water partition coefficient (Wildman–Crippen LogP) is 0.899. The number of sulfonamides is 1. The van der Waals surface area contributed by atoms with Crippen LogP contribution in [0.3, 0.4) is 0 Å². The molecule has 0 radical (unpaired) electrons. The van der Waals surface area contributed by atoms with Gasteiger partial charge in [0, 0.05) is 24.2 Å². The van der Waals surface area contributed by atoms with Crippen molar-refractivity contribution in [1.82, 2.24) is 19.7 Å². The molecule has 3 rings (SSSR count). The van der Waals surface area contributed by atoms with Crippen molar-refractivity contribution < 1.29 is 18.0 Å². The molecule has 1 aliphatic rings. The van der Waals surface area contributed by atoms with Gasteiger partial charge in [-0.3, -0.25) is 4.68 Å². The fourth-order valence-corrected chi connectivity index (χ4v) is 4.48. The number of nitrogens with zero attached hydrogens (tertiary/aromatic N) is 3. The first-order chi connectivity index (χ1) is 10.9. The van der Waals surface area contributed by atoms with Gasteiger partial charge in [0.25, 0.3) is 0 Å². The molecule has 8 nitrogen and oxygen atoms in total. The number of hydrogen-bond donors (Lipinski definition) is 2. The van der Waals surface area contributed by atoms with Gasteiger partial charge in [-0.15, -0.1) is 0 Å². The Balaban J connectivity index is 1.98. The third-order valence-electron chi connectivity index (χ3n) is 4.60. The van der Waals surface area contributed by atoms with Gasteiger partial charge in [-0.1, -0.05) is 11.6 Å². The van der Waals surface area contributed by atoms with Crippen molar-refractivity contribution in [2.24, 2.45) is 12.5 Å². The number of aliphatic hydroxyl groups excluding tert-OH is 1. The Labute approximate surface area is 134 Å². The van der Waals surface area contributed by atoms with Gasteiger partial charge >= 0.3 is 0 Å². The molecule has 2 heterocycles. The minimum Gasteiger partial charge on any atom is -0.396 e. The Morgan fingerprint density at radius 2 is 2.26 bits per heavy atom.